The van der Waals surface area contributed by atoms with E-state index in [4.69, 9.17) is 4.74 Å². The molecule has 1 fully saturated rings. The minimum absolute atomic E-state index is 0.0895. The summed E-state index contributed by atoms with van der Waals surface area (Å²) in [5.41, 5.74) is 2.63. The molecule has 1 saturated heterocycles. The molecule has 154 valence electrons. The second kappa shape index (κ2) is 9.91. The molecule has 29 heavy (non-hydrogen) atoms. The highest BCUT2D eigenvalue weighted by molar-refractivity contribution is 5.93. The van der Waals surface area contributed by atoms with Crippen molar-refractivity contribution in [1.82, 2.24) is 4.90 Å². The number of amides is 2. The third-order valence-corrected chi connectivity index (χ3v) is 5.07. The van der Waals surface area contributed by atoms with Gasteiger partial charge in [0, 0.05) is 38.3 Å². The van der Waals surface area contributed by atoms with E-state index in [1.54, 1.807) is 24.1 Å². The SMILES string of the molecule is COc1ccc(N2CCN(C=O)CC2)cc1NC(=O)CCCc1ccc(F)cc1. The van der Waals surface area contributed by atoms with Crippen molar-refractivity contribution in [1.29, 1.82) is 0 Å². The normalized spacial score (nSPS) is 13.9. The number of nitrogens with one attached hydrogen (secondary N) is 1. The molecule has 0 bridgehead atoms. The lowest BCUT2D eigenvalue weighted by Crippen LogP contribution is -2.45. The van der Waals surface area contributed by atoms with Crippen molar-refractivity contribution in [2.75, 3.05) is 43.5 Å². The van der Waals surface area contributed by atoms with Crippen LogP contribution in [-0.2, 0) is 16.0 Å². The van der Waals surface area contributed by atoms with Crippen LogP contribution in [0, 0.1) is 5.82 Å². The van der Waals surface area contributed by atoms with Gasteiger partial charge in [-0.05, 0) is 48.7 Å². The zero-order valence-electron chi connectivity index (χ0n) is 16.6. The summed E-state index contributed by atoms with van der Waals surface area (Å²) in [4.78, 5) is 27.2. The van der Waals surface area contributed by atoms with Crippen LogP contribution in [0.3, 0.4) is 0 Å². The van der Waals surface area contributed by atoms with E-state index in [-0.39, 0.29) is 11.7 Å². The van der Waals surface area contributed by atoms with Gasteiger partial charge in [-0.2, -0.15) is 0 Å². The second-order valence-corrected chi connectivity index (χ2v) is 7.04. The summed E-state index contributed by atoms with van der Waals surface area (Å²) in [5, 5.41) is 2.94. The van der Waals surface area contributed by atoms with Crippen molar-refractivity contribution in [2.45, 2.75) is 19.3 Å². The molecule has 0 radical (unpaired) electrons. The Kier molecular flexibility index (Phi) is 7.05. The Balaban J connectivity index is 1.57. The van der Waals surface area contributed by atoms with Gasteiger partial charge >= 0.3 is 0 Å². The first-order valence-electron chi connectivity index (χ1n) is 9.75. The average molecular weight is 399 g/mol. The van der Waals surface area contributed by atoms with Gasteiger partial charge in [0.25, 0.3) is 0 Å². The molecule has 3 rings (SSSR count). The molecule has 0 saturated carbocycles. The van der Waals surface area contributed by atoms with E-state index in [2.05, 4.69) is 10.2 Å². The van der Waals surface area contributed by atoms with E-state index in [9.17, 15) is 14.0 Å². The number of benzene rings is 2. The third-order valence-electron chi connectivity index (χ3n) is 5.07. The van der Waals surface area contributed by atoms with E-state index in [0.29, 0.717) is 43.8 Å². The molecule has 0 aliphatic carbocycles. The van der Waals surface area contributed by atoms with Gasteiger partial charge in [0.15, 0.2) is 0 Å². The summed E-state index contributed by atoms with van der Waals surface area (Å²) >= 11 is 0. The molecule has 0 unspecified atom stereocenters. The van der Waals surface area contributed by atoms with Crippen molar-refractivity contribution >= 4 is 23.7 Å². The molecule has 2 amide bonds. The number of aryl methyl sites for hydroxylation is 1. The van der Waals surface area contributed by atoms with E-state index in [1.165, 1.54) is 12.1 Å². The number of rotatable bonds is 8. The van der Waals surface area contributed by atoms with Gasteiger partial charge in [0.05, 0.1) is 12.8 Å². The highest BCUT2D eigenvalue weighted by Gasteiger charge is 2.17. The van der Waals surface area contributed by atoms with Crippen molar-refractivity contribution < 1.29 is 18.7 Å². The van der Waals surface area contributed by atoms with Gasteiger partial charge in [-0.25, -0.2) is 4.39 Å². The van der Waals surface area contributed by atoms with Crippen LogP contribution in [0.2, 0.25) is 0 Å². The molecule has 1 aliphatic heterocycles. The first-order valence-corrected chi connectivity index (χ1v) is 9.75. The fraction of sp³-hybridized carbons (Fsp3) is 0.364. The molecule has 0 atom stereocenters. The molecular formula is C22H26FN3O3. The smallest absolute Gasteiger partial charge is 0.224 e. The number of halogens is 1. The quantitative estimate of drug-likeness (QED) is 0.693. The molecule has 0 spiro atoms. The number of carbonyl (C=O) groups is 2. The summed E-state index contributed by atoms with van der Waals surface area (Å²) < 4.78 is 18.3. The molecular weight excluding hydrogens is 373 g/mol. The zero-order valence-corrected chi connectivity index (χ0v) is 16.6. The van der Waals surface area contributed by atoms with Crippen LogP contribution in [0.25, 0.3) is 0 Å². The van der Waals surface area contributed by atoms with E-state index in [0.717, 1.165) is 30.8 Å². The summed E-state index contributed by atoms with van der Waals surface area (Å²) in [6.07, 6.45) is 2.63. The Bertz CT molecular complexity index is 834. The minimum atomic E-state index is -0.258. The van der Waals surface area contributed by atoms with Gasteiger partial charge in [-0.15, -0.1) is 0 Å². The third kappa shape index (κ3) is 5.70. The fourth-order valence-corrected chi connectivity index (χ4v) is 3.39. The van der Waals surface area contributed by atoms with Gasteiger partial charge in [-0.1, -0.05) is 12.1 Å². The van der Waals surface area contributed by atoms with Crippen LogP contribution < -0.4 is 15.0 Å². The molecule has 1 N–H and O–H groups in total. The number of ether oxygens (including phenoxy) is 1. The zero-order chi connectivity index (χ0) is 20.6. The number of piperazine rings is 1. The minimum Gasteiger partial charge on any atom is -0.495 e. The lowest BCUT2D eigenvalue weighted by molar-refractivity contribution is -0.118. The Morgan fingerprint density at radius 3 is 2.52 bits per heavy atom. The number of anilines is 2. The van der Waals surface area contributed by atoms with Crippen molar-refractivity contribution in [3.8, 4) is 5.75 Å². The van der Waals surface area contributed by atoms with E-state index < -0.39 is 0 Å². The van der Waals surface area contributed by atoms with Crippen LogP contribution in [-0.4, -0.2) is 50.5 Å². The van der Waals surface area contributed by atoms with Crippen molar-refractivity contribution in [3.05, 3.63) is 53.8 Å². The molecule has 1 aliphatic rings. The van der Waals surface area contributed by atoms with Gasteiger partial charge in [-0.3, -0.25) is 9.59 Å². The van der Waals surface area contributed by atoms with Crippen LogP contribution in [0.15, 0.2) is 42.5 Å². The highest BCUT2D eigenvalue weighted by atomic mass is 19.1. The number of nitrogens with zero attached hydrogens (tertiary/aromatic N) is 2. The predicted octanol–water partition coefficient (Wildman–Crippen LogP) is 3.07. The molecule has 1 heterocycles. The lowest BCUT2D eigenvalue weighted by atomic mass is 10.1. The second-order valence-electron chi connectivity index (χ2n) is 7.04. The number of hydrogen-bond donors (Lipinski definition) is 1. The Labute approximate surface area is 170 Å². The Hall–Kier alpha value is -3.09. The molecule has 2 aromatic carbocycles. The monoisotopic (exact) mass is 399 g/mol. The topological polar surface area (TPSA) is 61.9 Å². The Morgan fingerprint density at radius 2 is 1.86 bits per heavy atom. The van der Waals surface area contributed by atoms with Crippen LogP contribution in [0.5, 0.6) is 5.75 Å². The molecule has 2 aromatic rings. The maximum absolute atomic E-state index is 13.0. The van der Waals surface area contributed by atoms with E-state index in [1.807, 2.05) is 18.2 Å². The number of carbonyl (C=O) groups excluding carboxylic acids is 2. The summed E-state index contributed by atoms with van der Waals surface area (Å²) in [5.74, 6) is 0.256. The lowest BCUT2D eigenvalue weighted by Gasteiger charge is -2.34. The fourth-order valence-electron chi connectivity index (χ4n) is 3.39. The van der Waals surface area contributed by atoms with Crippen LogP contribution >= 0.6 is 0 Å². The summed E-state index contributed by atoms with van der Waals surface area (Å²) in [6, 6.07) is 12.1. The maximum atomic E-state index is 13.0. The standard InChI is InChI=1S/C22H26FN3O3/c1-29-21-10-9-19(26-13-11-25(16-27)12-14-26)15-20(21)24-22(28)4-2-3-17-5-7-18(23)8-6-17/h5-10,15-16H,2-4,11-14H2,1H3,(H,24,28). The number of methoxy groups -OCH3 is 1. The van der Waals surface area contributed by atoms with Gasteiger partial charge in [0.1, 0.15) is 11.6 Å². The number of hydrogen-bond acceptors (Lipinski definition) is 4. The van der Waals surface area contributed by atoms with Crippen molar-refractivity contribution in [2.24, 2.45) is 0 Å². The maximum Gasteiger partial charge on any atom is 0.224 e. The van der Waals surface area contributed by atoms with Crippen molar-refractivity contribution in [3.63, 3.8) is 0 Å². The summed E-state index contributed by atoms with van der Waals surface area (Å²) in [7, 11) is 1.57. The summed E-state index contributed by atoms with van der Waals surface area (Å²) in [6.45, 7) is 2.85. The average Bonchev–Trinajstić information content (AvgIpc) is 2.75. The highest BCUT2D eigenvalue weighted by Crippen LogP contribution is 2.30. The first kappa shape index (κ1) is 20.6. The van der Waals surface area contributed by atoms with Crippen LogP contribution in [0.1, 0.15) is 18.4 Å². The van der Waals surface area contributed by atoms with Gasteiger partial charge < -0.3 is 19.9 Å². The first-order chi connectivity index (χ1) is 14.1. The van der Waals surface area contributed by atoms with E-state index >= 15 is 0 Å². The largest absolute Gasteiger partial charge is 0.495 e. The molecule has 0 aromatic heterocycles. The molecule has 6 nitrogen and oxygen atoms in total. The Morgan fingerprint density at radius 1 is 1.14 bits per heavy atom. The van der Waals surface area contributed by atoms with Crippen LogP contribution in [0.4, 0.5) is 15.8 Å². The predicted molar refractivity (Wildman–Crippen MR) is 111 cm³/mol. The molecule has 7 heteroatoms. The van der Waals surface area contributed by atoms with Gasteiger partial charge in [0.2, 0.25) is 12.3 Å².